The predicted molar refractivity (Wildman–Crippen MR) is 56.8 cm³/mol. The van der Waals surface area contributed by atoms with Gasteiger partial charge in [0.15, 0.2) is 0 Å². The highest BCUT2D eigenvalue weighted by atomic mass is 32.2. The van der Waals surface area contributed by atoms with Crippen LogP contribution in [0.5, 0.6) is 0 Å². The molecule has 0 radical (unpaired) electrons. The zero-order valence-electron chi connectivity index (χ0n) is 9.73. The Morgan fingerprint density at radius 3 is 2.87 bits per heavy atom. The molecule has 0 unspecified atom stereocenters. The predicted octanol–water partition coefficient (Wildman–Crippen LogP) is 1.38. The van der Waals surface area contributed by atoms with Gasteiger partial charge in [0.25, 0.3) is 0 Å². The number of carboxylic acids is 1. The number of rotatable bonds is 1. The maximum atomic E-state index is 11.7. The zero-order chi connectivity index (χ0) is 12.3. The van der Waals surface area contributed by atoms with Crippen LogP contribution in [0.2, 0.25) is 0 Å². The summed E-state index contributed by atoms with van der Waals surface area (Å²) in [6, 6.07) is -0.820. The minimum atomic E-state index is -1.02. The van der Waals surface area contributed by atoms with Crippen molar-refractivity contribution in [3.63, 3.8) is 0 Å². The molecule has 0 aromatic heterocycles. The summed E-state index contributed by atoms with van der Waals surface area (Å²) in [7, 11) is 0. The van der Waals surface area contributed by atoms with Crippen molar-refractivity contribution in [1.82, 2.24) is 4.90 Å². The van der Waals surface area contributed by atoms with Gasteiger partial charge in [-0.3, -0.25) is 4.90 Å². The molecule has 0 aromatic carbocycles. The number of thioether (sulfide) groups is 1. The number of carboxylic acid groups (broad SMARTS) is 1. The number of carbonyl (C=O) groups is 2. The molecule has 0 saturated carbocycles. The van der Waals surface area contributed by atoms with Crippen LogP contribution in [-0.2, 0) is 9.53 Å². The van der Waals surface area contributed by atoms with Gasteiger partial charge in [0, 0.05) is 7.12 Å². The number of ether oxygens (including phenoxy) is 1. The molecule has 1 heterocycles. The Kier molecular flexibility index (Phi) is 3.04. The lowest BCUT2D eigenvalue weighted by Gasteiger charge is -2.26. The second-order valence-corrected chi connectivity index (χ2v) is 4.95. The van der Waals surface area contributed by atoms with Crippen molar-refractivity contribution in [3.05, 3.63) is 0 Å². The topological polar surface area (TPSA) is 66.8 Å². The molecule has 5 nitrogen and oxygen atoms in total. The highest BCUT2D eigenvalue weighted by molar-refractivity contribution is 7.99. The fraction of sp³-hybridized carbons (Fsp3) is 0.778. The lowest BCUT2D eigenvalue weighted by atomic mass is 10.2. The molecule has 0 aromatic rings. The van der Waals surface area contributed by atoms with Crippen LogP contribution in [0.15, 0.2) is 0 Å². The van der Waals surface area contributed by atoms with Gasteiger partial charge in [-0.05, 0) is 20.7 Å². The molecule has 6 heteroatoms. The van der Waals surface area contributed by atoms with E-state index in [1.54, 1.807) is 13.8 Å². The molecule has 86 valence electrons. The summed E-state index contributed by atoms with van der Waals surface area (Å²) < 4.78 is 12.3. The molecule has 1 atom stereocenters. The number of carbonyl (C=O) groups excluding carboxylic acids is 1. The Labute approximate surface area is 94.2 Å². The van der Waals surface area contributed by atoms with Gasteiger partial charge in [0.1, 0.15) is 11.6 Å². The fourth-order valence-corrected chi connectivity index (χ4v) is 2.26. The Bertz CT molecular complexity index is 297. The Balaban J connectivity index is 2.63. The minimum absolute atomic E-state index is 0.0581. The van der Waals surface area contributed by atoms with Crippen molar-refractivity contribution in [3.8, 4) is 0 Å². The highest BCUT2D eigenvalue weighted by Crippen LogP contribution is 2.23. The maximum absolute atomic E-state index is 11.7. The van der Waals surface area contributed by atoms with Crippen LogP contribution in [0.4, 0.5) is 4.79 Å². The normalized spacial score (nSPS) is 22.4. The zero-order valence-corrected chi connectivity index (χ0v) is 9.54. The van der Waals surface area contributed by atoms with E-state index in [2.05, 4.69) is 0 Å². The largest absolute Gasteiger partial charge is 0.480 e. The lowest BCUT2D eigenvalue weighted by molar-refractivity contribution is -0.141. The molecule has 1 saturated heterocycles. The van der Waals surface area contributed by atoms with E-state index >= 15 is 0 Å². The van der Waals surface area contributed by atoms with Crippen LogP contribution in [0.25, 0.3) is 0 Å². The van der Waals surface area contributed by atoms with Gasteiger partial charge in [-0.15, -0.1) is 11.8 Å². The van der Waals surface area contributed by atoms with E-state index in [0.717, 1.165) is 0 Å². The van der Waals surface area contributed by atoms with Gasteiger partial charge >= 0.3 is 12.1 Å². The molecule has 1 fully saturated rings. The minimum Gasteiger partial charge on any atom is -0.480 e. The Morgan fingerprint density at radius 2 is 2.33 bits per heavy atom. The second-order valence-electron chi connectivity index (χ2n) is 3.95. The number of amides is 1. The number of hydrogen-bond acceptors (Lipinski definition) is 4. The SMILES string of the molecule is [2H]CC(C)(C)OC(=O)N1CSC[C@H]1C(=O)O. The van der Waals surface area contributed by atoms with Gasteiger partial charge in [-0.25, -0.2) is 9.59 Å². The molecule has 0 spiro atoms. The molecule has 0 aliphatic carbocycles. The summed E-state index contributed by atoms with van der Waals surface area (Å²) >= 11 is 1.38. The average Bonchev–Trinajstić information content (AvgIpc) is 2.65. The van der Waals surface area contributed by atoms with E-state index in [4.69, 9.17) is 11.2 Å². The number of hydrogen-bond donors (Lipinski definition) is 1. The van der Waals surface area contributed by atoms with Crippen molar-refractivity contribution >= 4 is 23.8 Å². The Hall–Kier alpha value is -0.910. The summed E-state index contributed by atoms with van der Waals surface area (Å²) in [6.45, 7) is 3.19. The van der Waals surface area contributed by atoms with E-state index in [1.165, 1.54) is 16.7 Å². The molecular weight excluding hydrogens is 218 g/mol. The quantitative estimate of drug-likeness (QED) is 0.742. The van der Waals surface area contributed by atoms with Crippen LogP contribution in [0.1, 0.15) is 22.1 Å². The van der Waals surface area contributed by atoms with Crippen molar-refractivity contribution < 1.29 is 20.8 Å². The van der Waals surface area contributed by atoms with Crippen molar-refractivity contribution in [2.24, 2.45) is 0 Å². The van der Waals surface area contributed by atoms with Crippen LogP contribution >= 0.6 is 11.8 Å². The van der Waals surface area contributed by atoms with Crippen LogP contribution < -0.4 is 0 Å². The van der Waals surface area contributed by atoms with Crippen molar-refractivity contribution in [1.29, 1.82) is 0 Å². The second kappa shape index (κ2) is 4.30. The first-order valence-electron chi connectivity index (χ1n) is 5.17. The van der Waals surface area contributed by atoms with Crippen LogP contribution in [0, 0.1) is 0 Å². The van der Waals surface area contributed by atoms with E-state index in [0.29, 0.717) is 11.6 Å². The first-order chi connectivity index (χ1) is 7.37. The standard InChI is InChI=1S/C9H15NO4S/c1-9(2,3)14-8(13)10-5-15-4-6(10)7(11)12/h6H,4-5H2,1-3H3,(H,11,12)/t6-/m0/s1/i1D. The Morgan fingerprint density at radius 1 is 1.67 bits per heavy atom. The van der Waals surface area contributed by atoms with Gasteiger partial charge in [0.05, 0.1) is 5.88 Å². The van der Waals surface area contributed by atoms with Gasteiger partial charge in [-0.2, -0.15) is 0 Å². The summed E-state index contributed by atoms with van der Waals surface area (Å²) in [5.41, 5.74) is -0.882. The van der Waals surface area contributed by atoms with Gasteiger partial charge < -0.3 is 9.84 Å². The van der Waals surface area contributed by atoms with Crippen molar-refractivity contribution in [2.45, 2.75) is 32.4 Å². The monoisotopic (exact) mass is 234 g/mol. The lowest BCUT2D eigenvalue weighted by Crippen LogP contribution is -2.44. The first kappa shape index (κ1) is 10.6. The molecule has 1 rings (SSSR count). The molecule has 1 aliphatic heterocycles. The molecule has 1 amide bonds. The van der Waals surface area contributed by atoms with Crippen LogP contribution in [0.3, 0.4) is 0 Å². The molecule has 1 N–H and O–H groups in total. The molecule has 1 aliphatic rings. The van der Waals surface area contributed by atoms with E-state index in [-0.39, 0.29) is 6.90 Å². The first-order valence-corrected chi connectivity index (χ1v) is 5.62. The number of nitrogens with zero attached hydrogens (tertiary/aromatic N) is 1. The smallest absolute Gasteiger partial charge is 0.411 e. The summed E-state index contributed by atoms with van der Waals surface area (Å²) in [6.07, 6.45) is -0.658. The summed E-state index contributed by atoms with van der Waals surface area (Å²) in [5.74, 6) is -0.319. The third-order valence-electron chi connectivity index (χ3n) is 1.77. The van der Waals surface area contributed by atoms with Crippen molar-refractivity contribution in [2.75, 3.05) is 11.6 Å². The van der Waals surface area contributed by atoms with E-state index < -0.39 is 23.7 Å². The summed E-state index contributed by atoms with van der Waals surface area (Å²) in [5, 5.41) is 8.89. The molecular formula is C9H15NO4S. The average molecular weight is 234 g/mol. The fourth-order valence-electron chi connectivity index (χ4n) is 1.12. The third-order valence-corrected chi connectivity index (χ3v) is 2.78. The van der Waals surface area contributed by atoms with Crippen LogP contribution in [-0.4, -0.2) is 45.3 Å². The third kappa shape index (κ3) is 3.30. The highest BCUT2D eigenvalue weighted by Gasteiger charge is 2.36. The van der Waals surface area contributed by atoms with E-state index in [9.17, 15) is 9.59 Å². The summed E-state index contributed by atoms with van der Waals surface area (Å²) in [4.78, 5) is 23.7. The number of aliphatic carboxylic acids is 1. The van der Waals surface area contributed by atoms with Gasteiger partial charge in [0.2, 0.25) is 0 Å². The molecule has 0 bridgehead atoms. The maximum Gasteiger partial charge on any atom is 0.411 e. The molecule has 15 heavy (non-hydrogen) atoms. The van der Waals surface area contributed by atoms with E-state index in [1.807, 2.05) is 0 Å². The van der Waals surface area contributed by atoms with Gasteiger partial charge in [-0.1, -0.05) is 0 Å².